The van der Waals surface area contributed by atoms with Crippen molar-refractivity contribution >= 4 is 22.6 Å². The Balaban J connectivity index is 2.66. The number of aliphatic hydroxyl groups excluding tert-OH is 3. The molecule has 13 heavy (non-hydrogen) atoms. The summed E-state index contributed by atoms with van der Waals surface area (Å²) in [6.07, 6.45) is -4.82. The molecule has 0 radical (unpaired) electrons. The molecular weight excluding hydrogens is 291 g/mol. The highest BCUT2D eigenvalue weighted by Crippen LogP contribution is 2.22. The van der Waals surface area contributed by atoms with Gasteiger partial charge in [0.25, 0.3) is 0 Å². The van der Waals surface area contributed by atoms with Crippen LogP contribution < -0.4 is 0 Å². The van der Waals surface area contributed by atoms with E-state index in [2.05, 4.69) is 0 Å². The number of hydrogen-bond donors (Lipinski definition) is 3. The number of methoxy groups -OCH3 is 1. The molecule has 1 saturated heterocycles. The van der Waals surface area contributed by atoms with Crippen molar-refractivity contribution in [3.63, 3.8) is 0 Å². The molecule has 1 unspecified atom stereocenters. The van der Waals surface area contributed by atoms with Gasteiger partial charge in [-0.05, 0) is 0 Å². The predicted molar refractivity (Wildman–Crippen MR) is 52.6 cm³/mol. The Hall–Kier alpha value is 0.530. The molecule has 0 spiro atoms. The van der Waals surface area contributed by atoms with Gasteiger partial charge in [0.15, 0.2) is 6.29 Å². The molecule has 5 nitrogen and oxygen atoms in total. The van der Waals surface area contributed by atoms with Crippen LogP contribution in [0.15, 0.2) is 0 Å². The predicted octanol–water partition coefficient (Wildman–Crippen LogP) is -1.12. The van der Waals surface area contributed by atoms with E-state index in [9.17, 15) is 15.3 Å². The van der Waals surface area contributed by atoms with Crippen molar-refractivity contribution in [2.24, 2.45) is 0 Å². The second-order valence-corrected chi connectivity index (χ2v) is 3.79. The van der Waals surface area contributed by atoms with Gasteiger partial charge >= 0.3 is 0 Å². The second kappa shape index (κ2) is 4.85. The lowest BCUT2D eigenvalue weighted by atomic mass is 10.0. The van der Waals surface area contributed by atoms with Crippen LogP contribution in [0, 0.1) is 0 Å². The van der Waals surface area contributed by atoms with Crippen LogP contribution in [0.1, 0.15) is 0 Å². The fourth-order valence-corrected chi connectivity index (χ4v) is 1.97. The van der Waals surface area contributed by atoms with Crippen molar-refractivity contribution in [3.05, 3.63) is 0 Å². The molecule has 0 amide bonds. The van der Waals surface area contributed by atoms with Gasteiger partial charge in [-0.2, -0.15) is 0 Å². The van der Waals surface area contributed by atoms with E-state index in [-0.39, 0.29) is 0 Å². The fourth-order valence-electron chi connectivity index (χ4n) is 1.24. The summed E-state index contributed by atoms with van der Waals surface area (Å²) in [4.78, 5) is 0. The van der Waals surface area contributed by atoms with Crippen molar-refractivity contribution < 1.29 is 24.8 Å². The Morgan fingerprint density at radius 1 is 1.23 bits per heavy atom. The molecule has 1 rings (SSSR count). The smallest absolute Gasteiger partial charge is 0.186 e. The molecule has 0 aliphatic carbocycles. The maximum atomic E-state index is 9.43. The maximum absolute atomic E-state index is 9.43. The third-order valence-electron chi connectivity index (χ3n) is 2.05. The van der Waals surface area contributed by atoms with Gasteiger partial charge in [-0.3, -0.25) is 0 Å². The van der Waals surface area contributed by atoms with E-state index in [0.717, 1.165) is 0 Å². The topological polar surface area (TPSA) is 79.2 Å². The summed E-state index contributed by atoms with van der Waals surface area (Å²) in [5, 5.41) is 28.2. The van der Waals surface area contributed by atoms with Crippen LogP contribution >= 0.6 is 22.6 Å². The van der Waals surface area contributed by atoms with Gasteiger partial charge in [0.2, 0.25) is 0 Å². The van der Waals surface area contributed by atoms with E-state index in [1.807, 2.05) is 22.6 Å². The zero-order valence-electron chi connectivity index (χ0n) is 7.13. The SMILES string of the molecule is COC1O[C@H](CI)[C@@H](O)[C@H](O)[C@H]1O. The Morgan fingerprint density at radius 2 is 1.85 bits per heavy atom. The van der Waals surface area contributed by atoms with Crippen molar-refractivity contribution in [2.45, 2.75) is 30.7 Å². The Kier molecular flexibility index (Phi) is 4.33. The Bertz CT molecular complexity index is 147. The summed E-state index contributed by atoms with van der Waals surface area (Å²) in [6.45, 7) is 0. The van der Waals surface area contributed by atoms with Crippen LogP contribution in [-0.2, 0) is 9.47 Å². The van der Waals surface area contributed by atoms with Crippen molar-refractivity contribution in [3.8, 4) is 0 Å². The Labute approximate surface area is 89.8 Å². The lowest BCUT2D eigenvalue weighted by molar-refractivity contribution is -0.284. The molecule has 3 N–H and O–H groups in total. The van der Waals surface area contributed by atoms with Crippen LogP contribution in [0.4, 0.5) is 0 Å². The van der Waals surface area contributed by atoms with Crippen molar-refractivity contribution in [2.75, 3.05) is 11.5 Å². The van der Waals surface area contributed by atoms with E-state index < -0.39 is 30.7 Å². The van der Waals surface area contributed by atoms with Crippen molar-refractivity contribution in [1.29, 1.82) is 0 Å². The molecule has 5 atom stereocenters. The summed E-state index contributed by atoms with van der Waals surface area (Å²) < 4.78 is 10.5. The first-order valence-electron chi connectivity index (χ1n) is 3.90. The number of ether oxygens (including phenoxy) is 2. The van der Waals surface area contributed by atoms with Gasteiger partial charge in [-0.25, -0.2) is 0 Å². The van der Waals surface area contributed by atoms with E-state index in [0.29, 0.717) is 4.43 Å². The molecule has 1 aliphatic rings. The van der Waals surface area contributed by atoms with E-state index in [1.54, 1.807) is 0 Å². The van der Waals surface area contributed by atoms with E-state index >= 15 is 0 Å². The molecule has 0 aromatic rings. The highest BCUT2D eigenvalue weighted by molar-refractivity contribution is 14.1. The first kappa shape index (κ1) is 11.6. The minimum absolute atomic E-state index is 0.496. The third kappa shape index (κ3) is 2.31. The van der Waals surface area contributed by atoms with E-state index in [4.69, 9.17) is 9.47 Å². The Morgan fingerprint density at radius 3 is 2.31 bits per heavy atom. The normalized spacial score (nSPS) is 46.4. The minimum Gasteiger partial charge on any atom is -0.388 e. The highest BCUT2D eigenvalue weighted by Gasteiger charge is 2.43. The summed E-state index contributed by atoms with van der Waals surface area (Å²) in [5.41, 5.74) is 0. The molecule has 0 saturated carbocycles. The average Bonchev–Trinajstić information content (AvgIpc) is 2.15. The first-order chi connectivity index (χ1) is 6.11. The standard InChI is InChI=1S/C7H13IO5/c1-12-7-6(11)5(10)4(9)3(2-8)13-7/h3-7,9-11H,2H2,1H3/t3-,4-,5+,6-,7?/m1/s1. The second-order valence-electron chi connectivity index (χ2n) is 2.90. The number of halogens is 1. The molecule has 1 aliphatic heterocycles. The molecule has 1 heterocycles. The lowest BCUT2D eigenvalue weighted by Gasteiger charge is -2.39. The average molecular weight is 304 g/mol. The van der Waals surface area contributed by atoms with E-state index in [1.165, 1.54) is 7.11 Å². The number of hydrogen-bond acceptors (Lipinski definition) is 5. The maximum Gasteiger partial charge on any atom is 0.186 e. The molecule has 6 heteroatoms. The lowest BCUT2D eigenvalue weighted by Crippen LogP contribution is -2.58. The fraction of sp³-hybridized carbons (Fsp3) is 1.00. The molecule has 1 fully saturated rings. The van der Waals surface area contributed by atoms with Gasteiger partial charge < -0.3 is 24.8 Å². The largest absolute Gasteiger partial charge is 0.388 e. The molecular formula is C7H13IO5. The number of rotatable bonds is 2. The first-order valence-corrected chi connectivity index (χ1v) is 5.42. The third-order valence-corrected chi connectivity index (χ3v) is 2.92. The van der Waals surface area contributed by atoms with Crippen molar-refractivity contribution in [1.82, 2.24) is 0 Å². The summed E-state index contributed by atoms with van der Waals surface area (Å²) in [5.74, 6) is 0. The van der Waals surface area contributed by atoms with Gasteiger partial charge in [0, 0.05) is 11.5 Å². The van der Waals surface area contributed by atoms with Crippen LogP contribution in [0.5, 0.6) is 0 Å². The monoisotopic (exact) mass is 304 g/mol. The van der Waals surface area contributed by atoms with Crippen LogP contribution in [-0.4, -0.2) is 57.6 Å². The van der Waals surface area contributed by atoms with Crippen LogP contribution in [0.25, 0.3) is 0 Å². The highest BCUT2D eigenvalue weighted by atomic mass is 127. The zero-order valence-corrected chi connectivity index (χ0v) is 9.29. The quantitative estimate of drug-likeness (QED) is 0.445. The molecule has 0 aromatic carbocycles. The van der Waals surface area contributed by atoms with Gasteiger partial charge in [0.1, 0.15) is 18.3 Å². The summed E-state index contributed by atoms with van der Waals surface area (Å²) >= 11 is 2.03. The van der Waals surface area contributed by atoms with Gasteiger partial charge in [0.05, 0.1) is 6.10 Å². The zero-order chi connectivity index (χ0) is 10.0. The molecule has 0 bridgehead atoms. The van der Waals surface area contributed by atoms with Crippen LogP contribution in [0.2, 0.25) is 0 Å². The summed E-state index contributed by atoms with van der Waals surface area (Å²) in [6, 6.07) is 0. The van der Waals surface area contributed by atoms with Crippen LogP contribution in [0.3, 0.4) is 0 Å². The minimum atomic E-state index is -1.21. The molecule has 78 valence electrons. The number of alkyl halides is 1. The number of aliphatic hydroxyl groups is 3. The van der Waals surface area contributed by atoms with Gasteiger partial charge in [-0.15, -0.1) is 0 Å². The molecule has 0 aromatic heterocycles. The van der Waals surface area contributed by atoms with Gasteiger partial charge in [-0.1, -0.05) is 22.6 Å². The summed E-state index contributed by atoms with van der Waals surface area (Å²) in [7, 11) is 1.38.